The molecule has 3 rings (SSSR count). The van der Waals surface area contributed by atoms with Gasteiger partial charge in [0.05, 0.1) is 0 Å². The van der Waals surface area contributed by atoms with E-state index in [0.29, 0.717) is 0 Å². The molecule has 27 heavy (non-hydrogen) atoms. The zero-order valence-electron chi connectivity index (χ0n) is 16.2. The van der Waals surface area contributed by atoms with Crippen molar-refractivity contribution in [3.63, 3.8) is 0 Å². The molecule has 1 aliphatic rings. The summed E-state index contributed by atoms with van der Waals surface area (Å²) in [6, 6.07) is 18.8. The Morgan fingerprint density at radius 3 is 1.93 bits per heavy atom. The third-order valence-electron chi connectivity index (χ3n) is 5.09. The Labute approximate surface area is 168 Å². The van der Waals surface area contributed by atoms with Crippen molar-refractivity contribution in [1.82, 2.24) is 10.2 Å². The highest BCUT2D eigenvalue weighted by Gasteiger charge is 2.16. The third-order valence-corrected chi connectivity index (χ3v) is 5.09. The van der Waals surface area contributed by atoms with Crippen LogP contribution in [0, 0.1) is 0 Å². The molecule has 0 unspecified atom stereocenters. The number of nitrogens with zero attached hydrogens (tertiary/aromatic N) is 1. The van der Waals surface area contributed by atoms with Gasteiger partial charge < -0.3 is 10.2 Å². The molecule has 0 radical (unpaired) electrons. The minimum absolute atomic E-state index is 0. The molecule has 144 valence electrons. The van der Waals surface area contributed by atoms with Crippen LogP contribution in [0.2, 0.25) is 0 Å². The van der Waals surface area contributed by atoms with Crippen LogP contribution in [0.1, 0.15) is 48.2 Å². The van der Waals surface area contributed by atoms with Crippen LogP contribution in [-0.4, -0.2) is 37.0 Å². The van der Waals surface area contributed by atoms with Gasteiger partial charge in [-0.15, -0.1) is 12.4 Å². The van der Waals surface area contributed by atoms with Gasteiger partial charge in [-0.1, -0.05) is 48.0 Å². The molecule has 1 heterocycles. The second kappa shape index (κ2) is 10.3. The summed E-state index contributed by atoms with van der Waals surface area (Å²) in [7, 11) is 0. The fraction of sp³-hybridized carbons (Fsp3) is 0.348. The molecular weight excluding hydrogens is 356 g/mol. The van der Waals surface area contributed by atoms with E-state index in [0.717, 1.165) is 44.6 Å². The number of nitrogens with one attached hydrogen (secondary N) is 1. The molecule has 2 aromatic rings. The van der Waals surface area contributed by atoms with Gasteiger partial charge in [-0.05, 0) is 68.6 Å². The normalized spacial score (nSPS) is 13.6. The van der Waals surface area contributed by atoms with Gasteiger partial charge in [-0.3, -0.25) is 4.79 Å². The van der Waals surface area contributed by atoms with E-state index >= 15 is 0 Å². The first kappa shape index (κ1) is 21.2. The molecule has 1 fully saturated rings. The van der Waals surface area contributed by atoms with Gasteiger partial charge in [0, 0.05) is 18.7 Å². The van der Waals surface area contributed by atoms with Crippen LogP contribution in [0.5, 0.6) is 0 Å². The zero-order valence-corrected chi connectivity index (χ0v) is 17.0. The molecule has 0 atom stereocenters. The summed E-state index contributed by atoms with van der Waals surface area (Å²) in [5.74, 6) is 0.109. The monoisotopic (exact) mass is 384 g/mol. The lowest BCUT2D eigenvalue weighted by Crippen LogP contribution is -2.30. The Balaban J connectivity index is 0.00000261. The highest BCUT2D eigenvalue weighted by atomic mass is 35.5. The van der Waals surface area contributed by atoms with Crippen LogP contribution >= 0.6 is 12.4 Å². The average Bonchev–Trinajstić information content (AvgIpc) is 2.71. The average molecular weight is 385 g/mol. The largest absolute Gasteiger partial charge is 0.339 e. The van der Waals surface area contributed by atoms with Crippen molar-refractivity contribution in [2.45, 2.75) is 26.7 Å². The van der Waals surface area contributed by atoms with Crippen molar-refractivity contribution < 1.29 is 4.79 Å². The van der Waals surface area contributed by atoms with E-state index in [1.807, 2.05) is 30.9 Å². The summed E-state index contributed by atoms with van der Waals surface area (Å²) in [5, 5.41) is 3.44. The number of carbonyl (C=O) groups excluding carboxylic acids is 1. The molecule has 1 N–H and O–H groups in total. The lowest BCUT2D eigenvalue weighted by atomic mass is 9.88. The number of halogens is 1. The smallest absolute Gasteiger partial charge is 0.253 e. The van der Waals surface area contributed by atoms with Crippen molar-refractivity contribution in [3.05, 3.63) is 76.9 Å². The Morgan fingerprint density at radius 2 is 1.37 bits per heavy atom. The van der Waals surface area contributed by atoms with Crippen LogP contribution in [0.4, 0.5) is 0 Å². The molecule has 0 saturated carbocycles. The minimum atomic E-state index is 0. The molecule has 3 nitrogen and oxygen atoms in total. The number of carbonyl (C=O) groups is 1. The van der Waals surface area contributed by atoms with E-state index in [4.69, 9.17) is 0 Å². The SMILES string of the molecule is CCN(CC)C(=O)c1ccc(C(=C2CCNCC2)c2ccccc2)cc1.Cl. The fourth-order valence-electron chi connectivity index (χ4n) is 3.63. The Bertz CT molecular complexity index is 757. The van der Waals surface area contributed by atoms with Crippen molar-refractivity contribution in [2.24, 2.45) is 0 Å². The van der Waals surface area contributed by atoms with Gasteiger partial charge in [-0.25, -0.2) is 0 Å². The number of rotatable bonds is 5. The lowest BCUT2D eigenvalue weighted by Gasteiger charge is -2.22. The number of hydrogen-bond donors (Lipinski definition) is 1. The van der Waals surface area contributed by atoms with E-state index in [1.54, 1.807) is 0 Å². The molecular formula is C23H29ClN2O. The number of piperidine rings is 1. The van der Waals surface area contributed by atoms with Gasteiger partial charge in [0.25, 0.3) is 5.91 Å². The van der Waals surface area contributed by atoms with Crippen molar-refractivity contribution >= 4 is 23.9 Å². The summed E-state index contributed by atoms with van der Waals surface area (Å²) >= 11 is 0. The van der Waals surface area contributed by atoms with Crippen LogP contribution in [-0.2, 0) is 0 Å². The van der Waals surface area contributed by atoms with Crippen molar-refractivity contribution in [3.8, 4) is 0 Å². The van der Waals surface area contributed by atoms with Crippen molar-refractivity contribution in [1.29, 1.82) is 0 Å². The fourth-order valence-corrected chi connectivity index (χ4v) is 3.63. The maximum atomic E-state index is 12.6. The number of hydrogen-bond acceptors (Lipinski definition) is 2. The second-order valence-electron chi connectivity index (χ2n) is 6.65. The first-order chi connectivity index (χ1) is 12.7. The van der Waals surface area contributed by atoms with E-state index in [9.17, 15) is 4.79 Å². The Morgan fingerprint density at radius 1 is 0.852 bits per heavy atom. The van der Waals surface area contributed by atoms with Crippen molar-refractivity contribution in [2.75, 3.05) is 26.2 Å². The highest BCUT2D eigenvalue weighted by Crippen LogP contribution is 2.31. The lowest BCUT2D eigenvalue weighted by molar-refractivity contribution is 0.0773. The minimum Gasteiger partial charge on any atom is -0.339 e. The van der Waals surface area contributed by atoms with Gasteiger partial charge in [0.1, 0.15) is 0 Å². The third kappa shape index (κ3) is 5.00. The zero-order chi connectivity index (χ0) is 18.4. The second-order valence-corrected chi connectivity index (χ2v) is 6.65. The molecule has 0 bridgehead atoms. The maximum absolute atomic E-state index is 12.6. The predicted molar refractivity (Wildman–Crippen MR) is 116 cm³/mol. The quantitative estimate of drug-likeness (QED) is 0.804. The predicted octanol–water partition coefficient (Wildman–Crippen LogP) is 4.78. The van der Waals surface area contributed by atoms with Crippen LogP contribution in [0.3, 0.4) is 0 Å². The molecule has 0 aliphatic carbocycles. The molecule has 1 aliphatic heterocycles. The van der Waals surface area contributed by atoms with E-state index < -0.39 is 0 Å². The van der Waals surface area contributed by atoms with Crippen LogP contribution < -0.4 is 5.32 Å². The Kier molecular flexibility index (Phi) is 8.08. The molecule has 2 aromatic carbocycles. The van der Waals surface area contributed by atoms with Gasteiger partial charge >= 0.3 is 0 Å². The first-order valence-electron chi connectivity index (χ1n) is 9.62. The first-order valence-corrected chi connectivity index (χ1v) is 9.62. The standard InChI is InChI=1S/C23H28N2O.ClH/c1-3-25(4-2)23(26)21-12-10-19(11-13-21)22(18-8-6-5-7-9-18)20-14-16-24-17-15-20;/h5-13,24H,3-4,14-17H2,1-2H3;1H. The Hall–Kier alpha value is -2.10. The maximum Gasteiger partial charge on any atom is 0.253 e. The van der Waals surface area contributed by atoms with E-state index in [-0.39, 0.29) is 18.3 Å². The number of benzene rings is 2. The molecule has 1 saturated heterocycles. The van der Waals surface area contributed by atoms with E-state index in [2.05, 4.69) is 47.8 Å². The molecule has 4 heteroatoms. The summed E-state index contributed by atoms with van der Waals surface area (Å²) < 4.78 is 0. The summed E-state index contributed by atoms with van der Waals surface area (Å²) in [4.78, 5) is 14.4. The summed E-state index contributed by atoms with van der Waals surface area (Å²) in [6.45, 7) is 7.58. The highest BCUT2D eigenvalue weighted by molar-refractivity contribution is 5.95. The molecule has 0 spiro atoms. The molecule has 1 amide bonds. The van der Waals surface area contributed by atoms with Gasteiger partial charge in [-0.2, -0.15) is 0 Å². The summed E-state index contributed by atoms with van der Waals surface area (Å²) in [5.41, 5.74) is 6.04. The topological polar surface area (TPSA) is 32.3 Å². The van der Waals surface area contributed by atoms with Gasteiger partial charge in [0.2, 0.25) is 0 Å². The number of amides is 1. The summed E-state index contributed by atoms with van der Waals surface area (Å²) in [6.07, 6.45) is 2.15. The molecule has 0 aromatic heterocycles. The van der Waals surface area contributed by atoms with E-state index in [1.165, 1.54) is 22.3 Å². The van der Waals surface area contributed by atoms with Crippen LogP contribution in [0.15, 0.2) is 60.2 Å². The van der Waals surface area contributed by atoms with Gasteiger partial charge in [0.15, 0.2) is 0 Å². The van der Waals surface area contributed by atoms with Crippen LogP contribution in [0.25, 0.3) is 5.57 Å².